The van der Waals surface area contributed by atoms with Crippen LogP contribution in [0.5, 0.6) is 5.75 Å². The van der Waals surface area contributed by atoms with Gasteiger partial charge in [0.05, 0.1) is 25.1 Å². The van der Waals surface area contributed by atoms with Gasteiger partial charge in [0.25, 0.3) is 5.56 Å². The van der Waals surface area contributed by atoms with E-state index in [9.17, 15) is 18.0 Å². The van der Waals surface area contributed by atoms with Crippen molar-refractivity contribution in [2.24, 2.45) is 0 Å². The highest BCUT2D eigenvalue weighted by molar-refractivity contribution is 7.88. The van der Waals surface area contributed by atoms with Crippen LogP contribution in [-0.4, -0.2) is 90.7 Å². The number of ether oxygens (including phenoxy) is 1. The molecule has 2 aromatic heterocycles. The number of benzene rings is 1. The van der Waals surface area contributed by atoms with Gasteiger partial charge in [-0.25, -0.2) is 13.4 Å². The molecule has 1 atom stereocenters. The number of amides is 1. The van der Waals surface area contributed by atoms with Crippen LogP contribution in [0.15, 0.2) is 47.9 Å². The van der Waals surface area contributed by atoms with E-state index in [1.54, 1.807) is 28.8 Å². The first-order valence-electron chi connectivity index (χ1n) is 13.5. The molecule has 5 rings (SSSR count). The lowest BCUT2D eigenvalue weighted by Crippen LogP contribution is -2.48. The quantitative estimate of drug-likeness (QED) is 0.418. The highest BCUT2D eigenvalue weighted by Crippen LogP contribution is 2.33. The minimum atomic E-state index is -3.21. The second-order valence-corrected chi connectivity index (χ2v) is 12.4. The van der Waals surface area contributed by atoms with Crippen LogP contribution in [0.4, 0.5) is 17.3 Å². The minimum Gasteiger partial charge on any atom is -0.494 e. The minimum absolute atomic E-state index is 0.149. The van der Waals surface area contributed by atoms with Gasteiger partial charge in [-0.15, -0.1) is 0 Å². The number of piperazine rings is 1. The lowest BCUT2D eigenvalue weighted by Gasteiger charge is -2.35. The number of nitrogens with one attached hydrogen (secondary N) is 1. The van der Waals surface area contributed by atoms with E-state index in [1.807, 2.05) is 25.1 Å². The van der Waals surface area contributed by atoms with Gasteiger partial charge in [-0.05, 0) is 43.5 Å². The number of methoxy groups -OCH3 is 1. The van der Waals surface area contributed by atoms with Crippen LogP contribution in [0.3, 0.4) is 0 Å². The molecule has 3 aromatic rings. The molecule has 4 heterocycles. The first kappa shape index (κ1) is 28.6. The predicted octanol–water partition coefficient (Wildman–Crippen LogP) is 2.28. The molecule has 1 amide bonds. The average Bonchev–Trinajstić information content (AvgIpc) is 2.96. The summed E-state index contributed by atoms with van der Waals surface area (Å²) in [6, 6.07) is 7.07. The van der Waals surface area contributed by atoms with Crippen molar-refractivity contribution in [1.82, 2.24) is 23.7 Å². The molecule has 0 spiro atoms. The van der Waals surface area contributed by atoms with E-state index in [1.165, 1.54) is 16.6 Å². The number of fused-ring (bicyclic) bond motifs is 1. The molecule has 0 saturated carbocycles. The molecular weight excluding hydrogens is 546 g/mol. The number of hydrogen-bond acceptors (Lipinski definition) is 9. The van der Waals surface area contributed by atoms with Crippen molar-refractivity contribution in [2.45, 2.75) is 25.8 Å². The zero-order valence-corrected chi connectivity index (χ0v) is 24.4. The average molecular weight is 582 g/mol. The van der Waals surface area contributed by atoms with E-state index in [4.69, 9.17) is 9.72 Å². The number of hydrogen-bond donors (Lipinski definition) is 1. The van der Waals surface area contributed by atoms with Gasteiger partial charge in [0.1, 0.15) is 11.4 Å². The summed E-state index contributed by atoms with van der Waals surface area (Å²) in [7, 11) is -1.63. The number of pyridine rings is 1. The molecule has 218 valence electrons. The van der Waals surface area contributed by atoms with Crippen molar-refractivity contribution < 1.29 is 17.9 Å². The van der Waals surface area contributed by atoms with Crippen LogP contribution in [0.25, 0.3) is 11.0 Å². The number of carbonyl (C=O) groups is 1. The lowest BCUT2D eigenvalue weighted by molar-refractivity contribution is -0.127. The number of aryl methyl sites for hydroxylation is 1. The molecule has 0 bridgehead atoms. The third-order valence-corrected chi connectivity index (χ3v) is 9.05. The summed E-state index contributed by atoms with van der Waals surface area (Å²) in [4.78, 5) is 38.6. The summed E-state index contributed by atoms with van der Waals surface area (Å²) in [6.07, 6.45) is 5.76. The molecular formula is C28H35N7O5S. The summed E-state index contributed by atoms with van der Waals surface area (Å²) in [6.45, 7) is 8.49. The zero-order valence-electron chi connectivity index (χ0n) is 23.5. The molecule has 2 fully saturated rings. The number of carbonyl (C=O) groups excluding carboxylic acids is 1. The Morgan fingerprint density at radius 3 is 2.61 bits per heavy atom. The van der Waals surface area contributed by atoms with Crippen molar-refractivity contribution in [1.29, 1.82) is 0 Å². The van der Waals surface area contributed by atoms with Gasteiger partial charge >= 0.3 is 0 Å². The SMILES string of the molecule is C=CC(=O)N1CCC[C@H](n2c(=O)cc(C)c3cnc(Nc4ccc(N5CCN(S(C)(=O)=O)CC5)cc4OC)nc32)C1. The highest BCUT2D eigenvalue weighted by atomic mass is 32.2. The van der Waals surface area contributed by atoms with Crippen LogP contribution in [-0.2, 0) is 14.8 Å². The van der Waals surface area contributed by atoms with Crippen LogP contribution in [0.1, 0.15) is 24.4 Å². The molecule has 0 unspecified atom stereocenters. The van der Waals surface area contributed by atoms with Gasteiger partial charge in [-0.3, -0.25) is 14.2 Å². The maximum atomic E-state index is 13.2. The number of nitrogens with zero attached hydrogens (tertiary/aromatic N) is 6. The van der Waals surface area contributed by atoms with E-state index in [-0.39, 0.29) is 17.5 Å². The first-order chi connectivity index (χ1) is 19.6. The van der Waals surface area contributed by atoms with Crippen LogP contribution in [0, 0.1) is 6.92 Å². The monoisotopic (exact) mass is 581 g/mol. The van der Waals surface area contributed by atoms with Crippen LogP contribution in [0.2, 0.25) is 0 Å². The molecule has 13 heteroatoms. The van der Waals surface area contributed by atoms with Crippen molar-refractivity contribution in [2.75, 3.05) is 62.9 Å². The summed E-state index contributed by atoms with van der Waals surface area (Å²) >= 11 is 0. The third kappa shape index (κ3) is 5.91. The van der Waals surface area contributed by atoms with Crippen LogP contribution < -0.4 is 20.5 Å². The summed E-state index contributed by atoms with van der Waals surface area (Å²) in [5.41, 5.74) is 2.67. The number of sulfonamides is 1. The van der Waals surface area contributed by atoms with Crippen LogP contribution >= 0.6 is 0 Å². The molecule has 0 aliphatic carbocycles. The van der Waals surface area contributed by atoms with E-state index >= 15 is 0 Å². The van der Waals surface area contributed by atoms with Gasteiger partial charge in [0, 0.05) is 68.7 Å². The number of anilines is 3. The summed E-state index contributed by atoms with van der Waals surface area (Å²) in [5.74, 6) is 0.729. The molecule has 1 N–H and O–H groups in total. The Balaban J connectivity index is 1.43. The molecule has 12 nitrogen and oxygen atoms in total. The Hall–Kier alpha value is -3.97. The van der Waals surface area contributed by atoms with Crippen molar-refractivity contribution in [3.8, 4) is 5.75 Å². The number of likely N-dealkylation sites (tertiary alicyclic amines) is 1. The molecule has 0 radical (unpaired) electrons. The molecule has 41 heavy (non-hydrogen) atoms. The maximum absolute atomic E-state index is 13.2. The highest BCUT2D eigenvalue weighted by Gasteiger charge is 2.27. The van der Waals surface area contributed by atoms with E-state index in [2.05, 4.69) is 21.8 Å². The van der Waals surface area contributed by atoms with Gasteiger partial charge in [0.15, 0.2) is 0 Å². The van der Waals surface area contributed by atoms with Crippen molar-refractivity contribution in [3.05, 3.63) is 59.0 Å². The van der Waals surface area contributed by atoms with E-state index in [0.29, 0.717) is 62.3 Å². The topological polar surface area (TPSA) is 130 Å². The molecule has 2 aliphatic rings. The Bertz CT molecular complexity index is 1650. The van der Waals surface area contributed by atoms with Gasteiger partial charge in [0.2, 0.25) is 21.9 Å². The largest absolute Gasteiger partial charge is 0.494 e. The van der Waals surface area contributed by atoms with E-state index < -0.39 is 10.0 Å². The predicted molar refractivity (Wildman–Crippen MR) is 158 cm³/mol. The Labute approximate surface area is 239 Å². The molecule has 2 aliphatic heterocycles. The summed E-state index contributed by atoms with van der Waals surface area (Å²) in [5, 5.41) is 3.99. The number of aromatic nitrogens is 3. The smallest absolute Gasteiger partial charge is 0.252 e. The normalized spacial score (nSPS) is 18.4. The second kappa shape index (κ2) is 11.5. The summed E-state index contributed by atoms with van der Waals surface area (Å²) < 4.78 is 32.5. The van der Waals surface area contributed by atoms with Gasteiger partial charge in [-0.1, -0.05) is 6.58 Å². The fraction of sp³-hybridized carbons (Fsp3) is 0.429. The Morgan fingerprint density at radius 2 is 1.93 bits per heavy atom. The molecule has 1 aromatic carbocycles. The van der Waals surface area contributed by atoms with E-state index in [0.717, 1.165) is 29.5 Å². The Kier molecular flexibility index (Phi) is 8.00. The maximum Gasteiger partial charge on any atom is 0.252 e. The van der Waals surface area contributed by atoms with Gasteiger partial charge < -0.3 is 19.9 Å². The third-order valence-electron chi connectivity index (χ3n) is 7.75. The first-order valence-corrected chi connectivity index (χ1v) is 15.4. The van der Waals surface area contributed by atoms with Crippen molar-refractivity contribution >= 4 is 44.3 Å². The second-order valence-electron chi connectivity index (χ2n) is 10.4. The lowest BCUT2D eigenvalue weighted by atomic mass is 10.0. The Morgan fingerprint density at radius 1 is 1.17 bits per heavy atom. The zero-order chi connectivity index (χ0) is 29.3. The fourth-order valence-electron chi connectivity index (χ4n) is 5.56. The standard InChI is InChI=1S/C28H35N7O5S/c1-5-25(36)33-10-6-7-21(18-33)35-26(37)15-19(2)22-17-29-28(31-27(22)35)30-23-9-8-20(16-24(23)40-3)32-11-13-34(14-12-32)41(4,38)39/h5,8-9,15-17,21H,1,6-7,10-14,18H2,2-4H3,(H,29,30,31)/t21-/m0/s1. The van der Waals surface area contributed by atoms with Crippen molar-refractivity contribution in [3.63, 3.8) is 0 Å². The number of rotatable bonds is 7. The number of piperidine rings is 1. The fourth-order valence-corrected chi connectivity index (χ4v) is 6.38. The molecule has 2 saturated heterocycles. The van der Waals surface area contributed by atoms with Gasteiger partial charge in [-0.2, -0.15) is 9.29 Å².